The fraction of sp³-hybridized carbons (Fsp3) is 0.542. The summed E-state index contributed by atoms with van der Waals surface area (Å²) in [5.41, 5.74) is 9.44. The zero-order valence-electron chi connectivity index (χ0n) is 18.2. The number of benzene rings is 1. The molecule has 0 radical (unpaired) electrons. The van der Waals surface area contributed by atoms with Crippen molar-refractivity contribution in [2.24, 2.45) is 5.92 Å². The highest BCUT2D eigenvalue weighted by Crippen LogP contribution is 2.35. The standard InChI is InChI=1S/C24H33N3O/c1-7-10-26(13-20-8-9-20)14-21-18(5)25-27-23(19(6)28-24(21)27)22-16(3)11-15(2)12-17(22)4/h11-12,20H,7-10,13-14H2,1-6H3. The first-order valence-electron chi connectivity index (χ1n) is 10.7. The molecular weight excluding hydrogens is 346 g/mol. The maximum absolute atomic E-state index is 6.32. The van der Waals surface area contributed by atoms with E-state index >= 15 is 0 Å². The van der Waals surface area contributed by atoms with Crippen molar-refractivity contribution in [3.63, 3.8) is 0 Å². The first-order valence-corrected chi connectivity index (χ1v) is 10.7. The minimum absolute atomic E-state index is 0.893. The van der Waals surface area contributed by atoms with Gasteiger partial charge in [0.1, 0.15) is 11.5 Å². The average Bonchev–Trinajstić information content (AvgIpc) is 3.31. The van der Waals surface area contributed by atoms with E-state index in [1.54, 1.807) is 0 Å². The minimum atomic E-state index is 0.893. The molecule has 0 bridgehead atoms. The molecule has 0 N–H and O–H groups in total. The van der Waals surface area contributed by atoms with E-state index in [4.69, 9.17) is 9.52 Å². The summed E-state index contributed by atoms with van der Waals surface area (Å²) < 4.78 is 8.37. The molecule has 1 fully saturated rings. The van der Waals surface area contributed by atoms with Crippen LogP contribution in [-0.4, -0.2) is 27.6 Å². The zero-order valence-corrected chi connectivity index (χ0v) is 18.2. The number of nitrogens with zero attached hydrogens (tertiary/aromatic N) is 3. The summed E-state index contributed by atoms with van der Waals surface area (Å²) in [5, 5.41) is 4.92. The summed E-state index contributed by atoms with van der Waals surface area (Å²) in [5.74, 6) is 1.84. The Bertz CT molecular complexity index is 984. The molecule has 1 saturated carbocycles. The van der Waals surface area contributed by atoms with Crippen LogP contribution in [0.3, 0.4) is 0 Å². The fourth-order valence-corrected chi connectivity index (χ4v) is 4.60. The van der Waals surface area contributed by atoms with E-state index in [2.05, 4.69) is 58.6 Å². The van der Waals surface area contributed by atoms with Gasteiger partial charge in [-0.05, 0) is 77.5 Å². The lowest BCUT2D eigenvalue weighted by atomic mass is 9.97. The minimum Gasteiger partial charge on any atom is -0.441 e. The van der Waals surface area contributed by atoms with E-state index in [0.29, 0.717) is 0 Å². The Labute approximate surface area is 168 Å². The predicted octanol–water partition coefficient (Wildman–Crippen LogP) is 5.76. The molecule has 0 aliphatic heterocycles. The fourth-order valence-electron chi connectivity index (χ4n) is 4.60. The molecule has 28 heavy (non-hydrogen) atoms. The van der Waals surface area contributed by atoms with E-state index in [1.807, 2.05) is 4.52 Å². The van der Waals surface area contributed by atoms with Crippen LogP contribution in [0.25, 0.3) is 17.0 Å². The van der Waals surface area contributed by atoms with Crippen LogP contribution in [0.1, 0.15) is 59.9 Å². The number of aromatic nitrogens is 2. The molecule has 0 spiro atoms. The Balaban J connectivity index is 1.78. The van der Waals surface area contributed by atoms with Crippen molar-refractivity contribution in [1.82, 2.24) is 14.5 Å². The molecule has 1 aliphatic carbocycles. The van der Waals surface area contributed by atoms with E-state index in [9.17, 15) is 0 Å². The average molecular weight is 380 g/mol. The second kappa shape index (κ2) is 7.40. The monoisotopic (exact) mass is 379 g/mol. The highest BCUT2D eigenvalue weighted by atomic mass is 16.4. The molecule has 1 aromatic carbocycles. The normalized spacial score (nSPS) is 14.5. The van der Waals surface area contributed by atoms with Gasteiger partial charge in [0.2, 0.25) is 5.71 Å². The molecule has 0 unspecified atom stereocenters. The SMILES string of the molecule is CCCN(Cc1c(C)nn2c(-c3c(C)cc(C)cc3C)c(C)oc12)CC1CC1. The van der Waals surface area contributed by atoms with Gasteiger partial charge in [0.15, 0.2) is 0 Å². The molecule has 4 nitrogen and oxygen atoms in total. The summed E-state index contributed by atoms with van der Waals surface area (Å²) >= 11 is 0. The van der Waals surface area contributed by atoms with E-state index in [-0.39, 0.29) is 0 Å². The van der Waals surface area contributed by atoms with E-state index in [0.717, 1.165) is 41.9 Å². The molecule has 0 saturated heterocycles. The first-order chi connectivity index (χ1) is 13.4. The highest BCUT2D eigenvalue weighted by molar-refractivity contribution is 5.73. The molecule has 4 heteroatoms. The van der Waals surface area contributed by atoms with Gasteiger partial charge >= 0.3 is 0 Å². The third-order valence-corrected chi connectivity index (χ3v) is 5.98. The Morgan fingerprint density at radius 2 is 1.79 bits per heavy atom. The number of rotatable bonds is 7. The summed E-state index contributed by atoms with van der Waals surface area (Å²) in [6, 6.07) is 4.49. The van der Waals surface area contributed by atoms with Crippen LogP contribution >= 0.6 is 0 Å². The van der Waals surface area contributed by atoms with Crippen molar-refractivity contribution in [3.8, 4) is 11.3 Å². The summed E-state index contributed by atoms with van der Waals surface area (Å²) in [7, 11) is 0. The Morgan fingerprint density at radius 3 is 2.39 bits per heavy atom. The zero-order chi connectivity index (χ0) is 20.0. The van der Waals surface area contributed by atoms with Crippen molar-refractivity contribution in [2.45, 2.75) is 67.3 Å². The maximum atomic E-state index is 6.32. The van der Waals surface area contributed by atoms with Crippen LogP contribution < -0.4 is 0 Å². The van der Waals surface area contributed by atoms with Crippen molar-refractivity contribution in [2.75, 3.05) is 13.1 Å². The van der Waals surface area contributed by atoms with Crippen LogP contribution in [0, 0.1) is 40.5 Å². The Morgan fingerprint density at radius 1 is 1.11 bits per heavy atom. The summed E-state index contributed by atoms with van der Waals surface area (Å²) in [6.45, 7) is 16.2. The second-order valence-electron chi connectivity index (χ2n) is 8.74. The summed E-state index contributed by atoms with van der Waals surface area (Å²) in [6.07, 6.45) is 3.96. The van der Waals surface area contributed by atoms with Gasteiger partial charge in [0, 0.05) is 18.7 Å². The van der Waals surface area contributed by atoms with Gasteiger partial charge in [0.25, 0.3) is 0 Å². The molecular formula is C24H33N3O. The van der Waals surface area contributed by atoms with E-state index < -0.39 is 0 Å². The van der Waals surface area contributed by atoms with Crippen LogP contribution in [0.4, 0.5) is 0 Å². The second-order valence-corrected chi connectivity index (χ2v) is 8.74. The van der Waals surface area contributed by atoms with Crippen LogP contribution in [0.5, 0.6) is 0 Å². The molecule has 2 aromatic heterocycles. The predicted molar refractivity (Wildman–Crippen MR) is 115 cm³/mol. The number of oxazole rings is 1. The van der Waals surface area contributed by atoms with Crippen molar-refractivity contribution in [3.05, 3.63) is 45.8 Å². The summed E-state index contributed by atoms with van der Waals surface area (Å²) in [4.78, 5) is 2.58. The van der Waals surface area contributed by atoms with Gasteiger partial charge in [0.05, 0.1) is 11.3 Å². The number of fused-ring (bicyclic) bond motifs is 1. The molecule has 0 amide bonds. The number of hydrogen-bond donors (Lipinski definition) is 0. The molecule has 3 aromatic rings. The number of hydrogen-bond acceptors (Lipinski definition) is 3. The molecule has 4 rings (SSSR count). The maximum Gasteiger partial charge on any atom is 0.227 e. The number of aryl methyl sites for hydroxylation is 5. The lowest BCUT2D eigenvalue weighted by Crippen LogP contribution is -2.26. The lowest BCUT2D eigenvalue weighted by Gasteiger charge is -2.20. The Kier molecular flexibility index (Phi) is 5.09. The van der Waals surface area contributed by atoms with Crippen LogP contribution in [0.15, 0.2) is 16.5 Å². The largest absolute Gasteiger partial charge is 0.441 e. The molecule has 0 atom stereocenters. The Hall–Kier alpha value is -2.07. The van der Waals surface area contributed by atoms with Crippen LogP contribution in [0.2, 0.25) is 0 Å². The van der Waals surface area contributed by atoms with Gasteiger partial charge in [-0.1, -0.05) is 24.6 Å². The van der Waals surface area contributed by atoms with Crippen molar-refractivity contribution >= 4 is 5.71 Å². The third-order valence-electron chi connectivity index (χ3n) is 5.98. The lowest BCUT2D eigenvalue weighted by molar-refractivity contribution is 0.254. The highest BCUT2D eigenvalue weighted by Gasteiger charge is 2.27. The van der Waals surface area contributed by atoms with Crippen LogP contribution in [-0.2, 0) is 6.54 Å². The van der Waals surface area contributed by atoms with Crippen molar-refractivity contribution < 1.29 is 4.42 Å². The first kappa shape index (κ1) is 19.3. The van der Waals surface area contributed by atoms with Gasteiger partial charge in [-0.25, -0.2) is 0 Å². The third kappa shape index (κ3) is 3.50. The smallest absolute Gasteiger partial charge is 0.227 e. The molecule has 2 heterocycles. The molecule has 150 valence electrons. The van der Waals surface area contributed by atoms with Gasteiger partial charge in [-0.15, -0.1) is 0 Å². The van der Waals surface area contributed by atoms with Crippen molar-refractivity contribution in [1.29, 1.82) is 0 Å². The molecule has 1 aliphatic rings. The topological polar surface area (TPSA) is 33.7 Å². The van der Waals surface area contributed by atoms with E-state index in [1.165, 1.54) is 53.6 Å². The van der Waals surface area contributed by atoms with Gasteiger partial charge in [-0.3, -0.25) is 4.90 Å². The quantitative estimate of drug-likeness (QED) is 0.523. The van der Waals surface area contributed by atoms with Gasteiger partial charge < -0.3 is 4.42 Å². The van der Waals surface area contributed by atoms with Gasteiger partial charge in [-0.2, -0.15) is 9.61 Å².